The Morgan fingerprint density at radius 3 is 2.47 bits per heavy atom. The molecule has 94 valence electrons. The van der Waals surface area contributed by atoms with Crippen molar-refractivity contribution in [2.45, 2.75) is 13.0 Å². The minimum atomic E-state index is -0.309. The van der Waals surface area contributed by atoms with Crippen molar-refractivity contribution in [1.82, 2.24) is 5.32 Å². The molecule has 1 unspecified atom stereocenters. The highest BCUT2D eigenvalue weighted by Gasteiger charge is 2.07. The molecular formula is C13H19NO3. The van der Waals surface area contributed by atoms with E-state index in [1.165, 1.54) is 7.11 Å². The molecule has 0 radical (unpaired) electrons. The van der Waals surface area contributed by atoms with Crippen molar-refractivity contribution in [2.24, 2.45) is 0 Å². The predicted molar refractivity (Wildman–Crippen MR) is 66.1 cm³/mol. The van der Waals surface area contributed by atoms with Crippen molar-refractivity contribution in [3.63, 3.8) is 0 Å². The van der Waals surface area contributed by atoms with Gasteiger partial charge in [0.1, 0.15) is 0 Å². The molecule has 0 heterocycles. The Bertz CT molecular complexity index is 348. The lowest BCUT2D eigenvalue weighted by Gasteiger charge is -2.14. The highest BCUT2D eigenvalue weighted by atomic mass is 16.5. The standard InChI is InChI=1S/C13H19NO3/c1-10(14-8-9-16-2)11-4-6-12(7-5-11)13(15)17-3/h4-7,10,14H,8-9H2,1-3H3. The fraction of sp³-hybridized carbons (Fsp3) is 0.462. The molecule has 4 heteroatoms. The lowest BCUT2D eigenvalue weighted by Crippen LogP contribution is -2.22. The van der Waals surface area contributed by atoms with Gasteiger partial charge >= 0.3 is 5.97 Å². The summed E-state index contributed by atoms with van der Waals surface area (Å²) in [7, 11) is 3.06. The number of ether oxygens (including phenoxy) is 2. The van der Waals surface area contributed by atoms with Gasteiger partial charge in [-0.05, 0) is 24.6 Å². The van der Waals surface area contributed by atoms with Gasteiger partial charge in [-0.2, -0.15) is 0 Å². The topological polar surface area (TPSA) is 47.6 Å². The van der Waals surface area contributed by atoms with Gasteiger partial charge in [0, 0.05) is 19.7 Å². The van der Waals surface area contributed by atoms with Gasteiger partial charge in [-0.25, -0.2) is 4.79 Å². The average molecular weight is 237 g/mol. The summed E-state index contributed by atoms with van der Waals surface area (Å²) in [6.07, 6.45) is 0. The van der Waals surface area contributed by atoms with E-state index < -0.39 is 0 Å². The molecule has 0 aliphatic heterocycles. The highest BCUT2D eigenvalue weighted by Crippen LogP contribution is 2.13. The van der Waals surface area contributed by atoms with E-state index in [0.29, 0.717) is 12.2 Å². The van der Waals surface area contributed by atoms with E-state index in [1.807, 2.05) is 12.1 Å². The molecule has 0 aliphatic rings. The van der Waals surface area contributed by atoms with Crippen molar-refractivity contribution in [3.8, 4) is 0 Å². The number of rotatable bonds is 6. The largest absolute Gasteiger partial charge is 0.465 e. The van der Waals surface area contributed by atoms with Gasteiger partial charge in [-0.1, -0.05) is 12.1 Å². The molecule has 4 nitrogen and oxygen atoms in total. The lowest BCUT2D eigenvalue weighted by molar-refractivity contribution is 0.0600. The monoisotopic (exact) mass is 237 g/mol. The maximum atomic E-state index is 11.3. The lowest BCUT2D eigenvalue weighted by atomic mass is 10.1. The van der Waals surface area contributed by atoms with Crippen molar-refractivity contribution in [3.05, 3.63) is 35.4 Å². The quantitative estimate of drug-likeness (QED) is 0.605. The Morgan fingerprint density at radius 1 is 1.29 bits per heavy atom. The zero-order valence-corrected chi connectivity index (χ0v) is 10.5. The van der Waals surface area contributed by atoms with Crippen molar-refractivity contribution < 1.29 is 14.3 Å². The molecule has 0 amide bonds. The van der Waals surface area contributed by atoms with Crippen molar-refractivity contribution >= 4 is 5.97 Å². The first kappa shape index (κ1) is 13.7. The van der Waals surface area contributed by atoms with E-state index >= 15 is 0 Å². The second-order valence-corrected chi connectivity index (χ2v) is 3.78. The number of hydrogen-bond acceptors (Lipinski definition) is 4. The Balaban J connectivity index is 2.57. The van der Waals surface area contributed by atoms with Crippen LogP contribution in [0.2, 0.25) is 0 Å². The van der Waals surface area contributed by atoms with Crippen molar-refractivity contribution in [1.29, 1.82) is 0 Å². The van der Waals surface area contributed by atoms with Crippen LogP contribution >= 0.6 is 0 Å². The molecular weight excluding hydrogens is 218 g/mol. The summed E-state index contributed by atoms with van der Waals surface area (Å²) in [5, 5.41) is 3.32. The van der Waals surface area contributed by atoms with Crippen LogP contribution in [0.4, 0.5) is 0 Å². The van der Waals surface area contributed by atoms with E-state index in [1.54, 1.807) is 19.2 Å². The molecule has 1 N–H and O–H groups in total. The second kappa shape index (κ2) is 7.04. The van der Waals surface area contributed by atoms with Gasteiger partial charge in [0.15, 0.2) is 0 Å². The Morgan fingerprint density at radius 2 is 1.94 bits per heavy atom. The maximum absolute atomic E-state index is 11.3. The van der Waals surface area contributed by atoms with Crippen LogP contribution in [-0.2, 0) is 9.47 Å². The molecule has 17 heavy (non-hydrogen) atoms. The van der Waals surface area contributed by atoms with E-state index in [2.05, 4.69) is 17.0 Å². The summed E-state index contributed by atoms with van der Waals surface area (Å²) in [6, 6.07) is 7.63. The SMILES string of the molecule is COCCNC(C)c1ccc(C(=O)OC)cc1. The smallest absolute Gasteiger partial charge is 0.337 e. The molecule has 1 atom stereocenters. The molecule has 1 aromatic rings. The van der Waals surface area contributed by atoms with Crippen LogP contribution in [0, 0.1) is 0 Å². The molecule has 0 fully saturated rings. The number of carbonyl (C=O) groups is 1. The van der Waals surface area contributed by atoms with E-state index in [4.69, 9.17) is 4.74 Å². The normalized spacial score (nSPS) is 12.2. The van der Waals surface area contributed by atoms with Crippen LogP contribution in [0.15, 0.2) is 24.3 Å². The highest BCUT2D eigenvalue weighted by molar-refractivity contribution is 5.89. The fourth-order valence-electron chi connectivity index (χ4n) is 1.52. The molecule has 1 aromatic carbocycles. The molecule has 0 bridgehead atoms. The van der Waals surface area contributed by atoms with Gasteiger partial charge in [0.2, 0.25) is 0 Å². The number of esters is 1. The third-order valence-corrected chi connectivity index (χ3v) is 2.59. The summed E-state index contributed by atoms with van der Waals surface area (Å²) in [5.41, 5.74) is 1.70. The maximum Gasteiger partial charge on any atom is 0.337 e. The molecule has 0 spiro atoms. The minimum Gasteiger partial charge on any atom is -0.465 e. The van der Waals surface area contributed by atoms with Gasteiger partial charge in [0.05, 0.1) is 19.3 Å². The number of benzene rings is 1. The zero-order chi connectivity index (χ0) is 12.7. The summed E-state index contributed by atoms with van der Waals surface area (Å²) in [4.78, 5) is 11.3. The Labute approximate surface area is 102 Å². The molecule has 0 saturated heterocycles. The van der Waals surface area contributed by atoms with Gasteiger partial charge in [-0.3, -0.25) is 0 Å². The van der Waals surface area contributed by atoms with E-state index in [-0.39, 0.29) is 12.0 Å². The molecule has 0 aromatic heterocycles. The number of nitrogens with one attached hydrogen (secondary N) is 1. The van der Waals surface area contributed by atoms with Crippen LogP contribution in [0.5, 0.6) is 0 Å². The second-order valence-electron chi connectivity index (χ2n) is 3.78. The summed E-state index contributed by atoms with van der Waals surface area (Å²) >= 11 is 0. The first-order chi connectivity index (χ1) is 8.19. The Hall–Kier alpha value is -1.39. The van der Waals surface area contributed by atoms with Crippen molar-refractivity contribution in [2.75, 3.05) is 27.4 Å². The summed E-state index contributed by atoms with van der Waals surface area (Å²) in [6.45, 7) is 3.56. The third-order valence-electron chi connectivity index (χ3n) is 2.59. The van der Waals surface area contributed by atoms with Crippen LogP contribution in [0.3, 0.4) is 0 Å². The van der Waals surface area contributed by atoms with E-state index in [9.17, 15) is 4.79 Å². The molecule has 0 aliphatic carbocycles. The zero-order valence-electron chi connectivity index (χ0n) is 10.5. The number of hydrogen-bond donors (Lipinski definition) is 1. The molecule has 1 rings (SSSR count). The van der Waals surface area contributed by atoms with Crippen LogP contribution < -0.4 is 5.32 Å². The van der Waals surface area contributed by atoms with Crippen LogP contribution in [0.1, 0.15) is 28.9 Å². The number of carbonyl (C=O) groups excluding carboxylic acids is 1. The first-order valence-electron chi connectivity index (χ1n) is 5.59. The number of methoxy groups -OCH3 is 2. The first-order valence-corrected chi connectivity index (χ1v) is 5.59. The molecule has 0 saturated carbocycles. The summed E-state index contributed by atoms with van der Waals surface area (Å²) < 4.78 is 9.61. The average Bonchev–Trinajstić information content (AvgIpc) is 2.38. The minimum absolute atomic E-state index is 0.233. The van der Waals surface area contributed by atoms with Gasteiger partial charge in [0.25, 0.3) is 0 Å². The predicted octanol–water partition coefficient (Wildman–Crippen LogP) is 1.77. The Kier molecular flexibility index (Phi) is 5.66. The van der Waals surface area contributed by atoms with Gasteiger partial charge < -0.3 is 14.8 Å². The summed E-state index contributed by atoms with van der Waals surface area (Å²) in [5.74, 6) is -0.309. The van der Waals surface area contributed by atoms with Gasteiger partial charge in [-0.15, -0.1) is 0 Å². The van der Waals surface area contributed by atoms with Crippen LogP contribution in [0.25, 0.3) is 0 Å². The third kappa shape index (κ3) is 4.17. The fourth-order valence-corrected chi connectivity index (χ4v) is 1.52. The van der Waals surface area contributed by atoms with Crippen LogP contribution in [-0.4, -0.2) is 33.3 Å². The van der Waals surface area contributed by atoms with E-state index in [0.717, 1.165) is 12.1 Å².